The molecule has 0 heterocycles. The largest absolute Gasteiger partial charge is 0.469 e. The molecular weight excluding hydrogens is 378 g/mol. The maximum Gasteiger partial charge on any atom is 0.434 e. The maximum absolute atomic E-state index is 12.2. The van der Waals surface area contributed by atoms with Crippen LogP contribution in [0.3, 0.4) is 0 Å². The van der Waals surface area contributed by atoms with Gasteiger partial charge in [-0.1, -0.05) is 51.1 Å². The Bertz CT molecular complexity index is 644. The summed E-state index contributed by atoms with van der Waals surface area (Å²) in [6.07, 6.45) is -1.47. The molecule has 1 rings (SSSR count). The summed E-state index contributed by atoms with van der Waals surface area (Å²) < 4.78 is 16.2. The van der Waals surface area contributed by atoms with Gasteiger partial charge in [0, 0.05) is 0 Å². The number of carbonyl (C=O) groups excluding carboxylic acids is 2. The first kappa shape index (κ1) is 24.1. The van der Waals surface area contributed by atoms with Crippen molar-refractivity contribution in [3.05, 3.63) is 35.9 Å². The quantitative estimate of drug-likeness (QED) is 0.298. The first-order valence-corrected chi connectivity index (χ1v) is 12.2. The minimum atomic E-state index is -2.15. The predicted octanol–water partition coefficient (Wildman–Crippen LogP) is 4.21. The normalized spacial score (nSPS) is 14.1. The van der Waals surface area contributed by atoms with E-state index in [1.165, 1.54) is 7.11 Å². The van der Waals surface area contributed by atoms with Crippen LogP contribution in [0.25, 0.3) is 0 Å². The van der Waals surface area contributed by atoms with E-state index in [0.29, 0.717) is 5.06 Å². The van der Waals surface area contributed by atoms with Crippen molar-refractivity contribution < 1.29 is 28.7 Å². The van der Waals surface area contributed by atoms with Crippen molar-refractivity contribution in [3.8, 4) is 0 Å². The fourth-order valence-corrected chi connectivity index (χ4v) is 3.79. The summed E-state index contributed by atoms with van der Waals surface area (Å²) in [4.78, 5) is 24.3. The fourth-order valence-electron chi connectivity index (χ4n) is 2.34. The van der Waals surface area contributed by atoms with E-state index in [9.17, 15) is 14.8 Å². The number of rotatable bonds is 8. The van der Waals surface area contributed by atoms with Gasteiger partial charge in [-0.3, -0.25) is 10.0 Å². The molecule has 0 unspecified atom stereocenters. The van der Waals surface area contributed by atoms with Crippen molar-refractivity contribution in [2.45, 2.75) is 58.5 Å². The van der Waals surface area contributed by atoms with Gasteiger partial charge in [0.15, 0.2) is 8.32 Å². The molecule has 7 nitrogen and oxygen atoms in total. The monoisotopic (exact) mass is 411 g/mol. The molecule has 0 aliphatic heterocycles. The van der Waals surface area contributed by atoms with Gasteiger partial charge >= 0.3 is 12.1 Å². The van der Waals surface area contributed by atoms with Crippen LogP contribution in [0.5, 0.6) is 0 Å². The molecule has 0 aliphatic rings. The number of hydroxylamine groups is 2. The SMILES string of the molecule is COC(=O)[C@@H](CN(O)C(=O)OCc1ccccc1)[C@@H](C)O[Si](C)(C)C(C)(C)C. The van der Waals surface area contributed by atoms with Crippen molar-refractivity contribution >= 4 is 20.4 Å². The van der Waals surface area contributed by atoms with Gasteiger partial charge in [0.05, 0.1) is 19.8 Å². The molecule has 1 aromatic rings. The van der Waals surface area contributed by atoms with Gasteiger partial charge in [-0.25, -0.2) is 4.79 Å². The lowest BCUT2D eigenvalue weighted by atomic mass is 10.0. The van der Waals surface area contributed by atoms with Gasteiger partial charge in [-0.15, -0.1) is 0 Å². The number of hydrogen-bond donors (Lipinski definition) is 1. The predicted molar refractivity (Wildman–Crippen MR) is 108 cm³/mol. The zero-order chi connectivity index (χ0) is 21.5. The molecule has 0 aliphatic carbocycles. The van der Waals surface area contributed by atoms with E-state index in [4.69, 9.17) is 13.9 Å². The molecule has 0 spiro atoms. The van der Waals surface area contributed by atoms with Gasteiger partial charge in [0.25, 0.3) is 0 Å². The zero-order valence-electron chi connectivity index (χ0n) is 17.9. The molecule has 0 bridgehead atoms. The lowest BCUT2D eigenvalue weighted by Gasteiger charge is -2.40. The molecule has 0 saturated heterocycles. The van der Waals surface area contributed by atoms with Crippen LogP contribution >= 0.6 is 0 Å². The third-order valence-electron chi connectivity index (χ3n) is 5.14. The Kier molecular flexibility index (Phi) is 8.65. The van der Waals surface area contributed by atoms with E-state index >= 15 is 0 Å². The summed E-state index contributed by atoms with van der Waals surface area (Å²) in [6.45, 7) is 11.9. The van der Waals surface area contributed by atoms with E-state index in [2.05, 4.69) is 33.9 Å². The lowest BCUT2D eigenvalue weighted by Crippen LogP contribution is -2.49. The molecule has 158 valence electrons. The molecule has 1 aromatic carbocycles. The van der Waals surface area contributed by atoms with Crippen LogP contribution in [0, 0.1) is 5.92 Å². The number of nitrogens with zero attached hydrogens (tertiary/aromatic N) is 1. The van der Waals surface area contributed by atoms with Crippen LogP contribution in [-0.4, -0.2) is 50.4 Å². The lowest BCUT2D eigenvalue weighted by molar-refractivity contribution is -0.155. The van der Waals surface area contributed by atoms with Crippen LogP contribution in [0.15, 0.2) is 30.3 Å². The smallest absolute Gasteiger partial charge is 0.434 e. The molecule has 0 aromatic heterocycles. The van der Waals surface area contributed by atoms with Gasteiger partial charge in [-0.05, 0) is 30.6 Å². The molecule has 0 saturated carbocycles. The number of methoxy groups -OCH3 is 1. The Morgan fingerprint density at radius 1 is 1.18 bits per heavy atom. The average Bonchev–Trinajstić information content (AvgIpc) is 2.62. The fraction of sp³-hybridized carbons (Fsp3) is 0.600. The van der Waals surface area contributed by atoms with E-state index < -0.39 is 32.4 Å². The molecule has 1 amide bonds. The Balaban J connectivity index is 2.76. The second kappa shape index (κ2) is 10.0. The van der Waals surface area contributed by atoms with Crippen molar-refractivity contribution in [1.29, 1.82) is 0 Å². The highest BCUT2D eigenvalue weighted by Crippen LogP contribution is 2.38. The second-order valence-corrected chi connectivity index (χ2v) is 13.1. The van der Waals surface area contributed by atoms with Crippen LogP contribution in [0.2, 0.25) is 18.1 Å². The number of ether oxygens (including phenoxy) is 2. The zero-order valence-corrected chi connectivity index (χ0v) is 18.9. The van der Waals surface area contributed by atoms with E-state index in [-0.39, 0.29) is 18.2 Å². The minimum absolute atomic E-state index is 0.0235. The minimum Gasteiger partial charge on any atom is -0.469 e. The molecule has 0 fully saturated rings. The van der Waals surface area contributed by atoms with Crippen LogP contribution in [0.1, 0.15) is 33.3 Å². The van der Waals surface area contributed by atoms with Crippen LogP contribution < -0.4 is 0 Å². The van der Waals surface area contributed by atoms with Gasteiger partial charge < -0.3 is 13.9 Å². The van der Waals surface area contributed by atoms with Crippen LogP contribution in [-0.2, 0) is 25.3 Å². The van der Waals surface area contributed by atoms with Crippen molar-refractivity contribution in [2.24, 2.45) is 5.92 Å². The van der Waals surface area contributed by atoms with Gasteiger partial charge in [0.1, 0.15) is 12.5 Å². The topological polar surface area (TPSA) is 85.3 Å². The average molecular weight is 412 g/mol. The summed E-state index contributed by atoms with van der Waals surface area (Å²) in [5.41, 5.74) is 0.795. The van der Waals surface area contributed by atoms with E-state index in [1.54, 1.807) is 19.1 Å². The summed E-state index contributed by atoms with van der Waals surface area (Å²) in [5, 5.41) is 10.5. The highest BCUT2D eigenvalue weighted by molar-refractivity contribution is 6.74. The number of esters is 1. The third-order valence-corrected chi connectivity index (χ3v) is 9.72. The Labute approximate surface area is 168 Å². The molecular formula is C20H33NO6Si. The molecule has 2 atom stereocenters. The number of hydrogen-bond acceptors (Lipinski definition) is 6. The third kappa shape index (κ3) is 6.92. The summed E-state index contributed by atoms with van der Waals surface area (Å²) in [5.74, 6) is -1.39. The highest BCUT2D eigenvalue weighted by atomic mass is 28.4. The van der Waals surface area contributed by atoms with Gasteiger partial charge in [0.2, 0.25) is 0 Å². The molecule has 28 heavy (non-hydrogen) atoms. The summed E-state index contributed by atoms with van der Waals surface area (Å²) in [6, 6.07) is 9.12. The van der Waals surface area contributed by atoms with E-state index in [0.717, 1.165) is 5.56 Å². The number of amides is 1. The molecule has 8 heteroatoms. The van der Waals surface area contributed by atoms with E-state index in [1.807, 2.05) is 18.2 Å². The summed E-state index contributed by atoms with van der Waals surface area (Å²) >= 11 is 0. The van der Waals surface area contributed by atoms with Gasteiger partial charge in [-0.2, -0.15) is 5.06 Å². The van der Waals surface area contributed by atoms with Crippen molar-refractivity contribution in [2.75, 3.05) is 13.7 Å². The Hall–Kier alpha value is -1.90. The Morgan fingerprint density at radius 2 is 1.75 bits per heavy atom. The number of carbonyl (C=O) groups is 2. The highest BCUT2D eigenvalue weighted by Gasteiger charge is 2.41. The maximum atomic E-state index is 12.2. The Morgan fingerprint density at radius 3 is 2.25 bits per heavy atom. The molecule has 1 N–H and O–H groups in total. The molecule has 0 radical (unpaired) electrons. The standard InChI is InChI=1S/C20H33NO6Si/c1-15(27-28(6,7)20(2,3)4)17(18(22)25-5)13-21(24)19(23)26-14-16-11-9-8-10-12-16/h8-12,15,17,24H,13-14H2,1-7H3/t15-,17+/m1/s1. The summed E-state index contributed by atoms with van der Waals surface area (Å²) in [7, 11) is -0.883. The number of benzene rings is 1. The van der Waals surface area contributed by atoms with Crippen molar-refractivity contribution in [3.63, 3.8) is 0 Å². The second-order valence-electron chi connectivity index (χ2n) is 8.34. The van der Waals surface area contributed by atoms with Crippen LogP contribution in [0.4, 0.5) is 4.79 Å². The first-order valence-electron chi connectivity index (χ1n) is 9.31. The van der Waals surface area contributed by atoms with Crippen molar-refractivity contribution in [1.82, 2.24) is 5.06 Å². The first-order chi connectivity index (χ1) is 12.9.